The molecule has 0 fully saturated rings. The highest BCUT2D eigenvalue weighted by atomic mass is 19.4. The molecule has 0 aromatic heterocycles. The van der Waals surface area contributed by atoms with Gasteiger partial charge in [0.15, 0.2) is 0 Å². The first kappa shape index (κ1) is 13.8. The molecule has 17 heavy (non-hydrogen) atoms. The van der Waals surface area contributed by atoms with Crippen LogP contribution in [-0.2, 0) is 17.6 Å². The minimum atomic E-state index is -4.35. The molecule has 3 nitrogen and oxygen atoms in total. The zero-order chi connectivity index (χ0) is 13.1. The van der Waals surface area contributed by atoms with Crippen molar-refractivity contribution in [2.75, 3.05) is 26.1 Å². The Morgan fingerprint density at radius 3 is 2.41 bits per heavy atom. The number of alkyl halides is 3. The second-order valence-corrected chi connectivity index (χ2v) is 3.76. The summed E-state index contributed by atoms with van der Waals surface area (Å²) in [5, 5.41) is 0. The number of hydrogen-bond donors (Lipinski definition) is 1. The number of halogens is 3. The molecule has 0 bridgehead atoms. The average molecular weight is 248 g/mol. The van der Waals surface area contributed by atoms with Crippen LogP contribution in [0.1, 0.15) is 11.1 Å². The van der Waals surface area contributed by atoms with Gasteiger partial charge in [0.2, 0.25) is 0 Å². The summed E-state index contributed by atoms with van der Waals surface area (Å²) in [6.45, 7) is 0.00697. The normalized spacial score (nSPS) is 11.6. The molecule has 0 heterocycles. The summed E-state index contributed by atoms with van der Waals surface area (Å²) in [6, 6.07) is 4.02. The maximum atomic E-state index is 12.7. The number of anilines is 1. The number of hydroxylamine groups is 1. The minimum Gasteiger partial charge on any atom is -0.378 e. The maximum Gasteiger partial charge on any atom is 0.416 e. The van der Waals surface area contributed by atoms with Crippen molar-refractivity contribution in [3.63, 3.8) is 0 Å². The van der Waals surface area contributed by atoms with E-state index in [4.69, 9.17) is 0 Å². The molecule has 1 rings (SSSR count). The van der Waals surface area contributed by atoms with Crippen LogP contribution in [-0.4, -0.2) is 21.2 Å². The SMILES string of the molecule is CONCc1cc(N(C)C)ccc1C(F)(F)F. The highest BCUT2D eigenvalue weighted by molar-refractivity contribution is 5.50. The van der Waals surface area contributed by atoms with Gasteiger partial charge in [-0.1, -0.05) is 0 Å². The molecule has 0 spiro atoms. The van der Waals surface area contributed by atoms with Crippen LogP contribution in [0.15, 0.2) is 18.2 Å². The predicted molar refractivity (Wildman–Crippen MR) is 59.6 cm³/mol. The average Bonchev–Trinajstić information content (AvgIpc) is 2.24. The van der Waals surface area contributed by atoms with E-state index in [0.717, 1.165) is 6.07 Å². The zero-order valence-corrected chi connectivity index (χ0v) is 9.93. The van der Waals surface area contributed by atoms with E-state index in [1.165, 1.54) is 19.2 Å². The van der Waals surface area contributed by atoms with Gasteiger partial charge in [0, 0.05) is 26.3 Å². The van der Waals surface area contributed by atoms with Crippen LogP contribution in [0.2, 0.25) is 0 Å². The Hall–Kier alpha value is -1.27. The summed E-state index contributed by atoms with van der Waals surface area (Å²) in [7, 11) is 4.91. The Balaban J connectivity index is 3.12. The maximum absolute atomic E-state index is 12.7. The zero-order valence-electron chi connectivity index (χ0n) is 9.93. The van der Waals surface area contributed by atoms with E-state index in [1.54, 1.807) is 19.0 Å². The van der Waals surface area contributed by atoms with Gasteiger partial charge < -0.3 is 9.74 Å². The fourth-order valence-corrected chi connectivity index (χ4v) is 1.43. The lowest BCUT2D eigenvalue weighted by molar-refractivity contribution is -0.138. The van der Waals surface area contributed by atoms with E-state index >= 15 is 0 Å². The Morgan fingerprint density at radius 1 is 1.29 bits per heavy atom. The van der Waals surface area contributed by atoms with Crippen LogP contribution in [0.5, 0.6) is 0 Å². The van der Waals surface area contributed by atoms with E-state index < -0.39 is 11.7 Å². The van der Waals surface area contributed by atoms with E-state index in [-0.39, 0.29) is 12.1 Å². The largest absolute Gasteiger partial charge is 0.416 e. The molecule has 0 atom stereocenters. The van der Waals surface area contributed by atoms with Gasteiger partial charge >= 0.3 is 6.18 Å². The number of benzene rings is 1. The first-order valence-electron chi connectivity index (χ1n) is 4.99. The third kappa shape index (κ3) is 3.61. The summed E-state index contributed by atoms with van der Waals surface area (Å²) >= 11 is 0. The third-order valence-corrected chi connectivity index (χ3v) is 2.32. The van der Waals surface area contributed by atoms with Crippen molar-refractivity contribution in [2.45, 2.75) is 12.7 Å². The molecule has 1 aromatic rings. The van der Waals surface area contributed by atoms with Gasteiger partial charge in [-0.15, -0.1) is 0 Å². The molecular weight excluding hydrogens is 233 g/mol. The molecule has 96 valence electrons. The van der Waals surface area contributed by atoms with E-state index in [9.17, 15) is 13.2 Å². The van der Waals surface area contributed by atoms with Crippen LogP contribution < -0.4 is 10.4 Å². The second-order valence-electron chi connectivity index (χ2n) is 3.76. The smallest absolute Gasteiger partial charge is 0.378 e. The molecule has 0 radical (unpaired) electrons. The van der Waals surface area contributed by atoms with Crippen LogP contribution in [0.25, 0.3) is 0 Å². The molecule has 0 saturated carbocycles. The minimum absolute atomic E-state index is 0.00697. The van der Waals surface area contributed by atoms with Gasteiger partial charge in [-0.25, -0.2) is 0 Å². The van der Waals surface area contributed by atoms with Crippen molar-refractivity contribution >= 4 is 5.69 Å². The summed E-state index contributed by atoms with van der Waals surface area (Å²) in [4.78, 5) is 6.33. The number of hydrogen-bond acceptors (Lipinski definition) is 3. The fraction of sp³-hybridized carbons (Fsp3) is 0.455. The summed E-state index contributed by atoms with van der Waals surface area (Å²) in [6.07, 6.45) is -4.35. The Kier molecular flexibility index (Phi) is 4.36. The van der Waals surface area contributed by atoms with Crippen LogP contribution in [0, 0.1) is 0 Å². The van der Waals surface area contributed by atoms with Gasteiger partial charge in [-0.3, -0.25) is 0 Å². The van der Waals surface area contributed by atoms with Crippen molar-refractivity contribution in [1.29, 1.82) is 0 Å². The second kappa shape index (κ2) is 5.37. The summed E-state index contributed by atoms with van der Waals surface area (Å²) < 4.78 is 38.2. The van der Waals surface area contributed by atoms with E-state index in [2.05, 4.69) is 10.3 Å². The number of nitrogens with zero attached hydrogens (tertiary/aromatic N) is 1. The quantitative estimate of drug-likeness (QED) is 0.828. The van der Waals surface area contributed by atoms with Crippen LogP contribution in [0.4, 0.5) is 18.9 Å². The van der Waals surface area contributed by atoms with Gasteiger partial charge in [-0.05, 0) is 23.8 Å². The first-order valence-corrected chi connectivity index (χ1v) is 4.99. The molecule has 0 aliphatic rings. The molecule has 6 heteroatoms. The molecule has 1 N–H and O–H groups in total. The molecule has 0 aliphatic heterocycles. The first-order chi connectivity index (χ1) is 7.86. The standard InChI is InChI=1S/C11H15F3N2O/c1-16(2)9-4-5-10(11(12,13)14)8(6-9)7-15-17-3/h4-6,15H,7H2,1-3H3. The van der Waals surface area contributed by atoms with Crippen molar-refractivity contribution in [3.8, 4) is 0 Å². The van der Waals surface area contributed by atoms with E-state index in [0.29, 0.717) is 5.69 Å². The van der Waals surface area contributed by atoms with Crippen molar-refractivity contribution in [3.05, 3.63) is 29.3 Å². The Morgan fingerprint density at radius 2 is 1.94 bits per heavy atom. The monoisotopic (exact) mass is 248 g/mol. The Bertz CT molecular complexity index is 377. The topological polar surface area (TPSA) is 24.5 Å². The molecule has 0 aliphatic carbocycles. The molecule has 0 saturated heterocycles. The summed E-state index contributed by atoms with van der Waals surface area (Å²) in [5.41, 5.74) is 2.65. The van der Waals surface area contributed by atoms with E-state index in [1.807, 2.05) is 0 Å². The summed E-state index contributed by atoms with van der Waals surface area (Å²) in [5.74, 6) is 0. The lowest BCUT2D eigenvalue weighted by Crippen LogP contribution is -2.18. The van der Waals surface area contributed by atoms with Crippen molar-refractivity contribution in [2.24, 2.45) is 0 Å². The van der Waals surface area contributed by atoms with Crippen LogP contribution >= 0.6 is 0 Å². The number of nitrogens with one attached hydrogen (secondary N) is 1. The lowest BCUT2D eigenvalue weighted by Gasteiger charge is -2.18. The fourth-order valence-electron chi connectivity index (χ4n) is 1.43. The van der Waals surface area contributed by atoms with Gasteiger partial charge in [0.05, 0.1) is 12.7 Å². The molecule has 0 unspecified atom stereocenters. The highest BCUT2D eigenvalue weighted by Gasteiger charge is 2.33. The van der Waals surface area contributed by atoms with Gasteiger partial charge in [0.25, 0.3) is 0 Å². The number of rotatable bonds is 4. The predicted octanol–water partition coefficient (Wildman–Crippen LogP) is 2.42. The van der Waals surface area contributed by atoms with Gasteiger partial charge in [0.1, 0.15) is 0 Å². The third-order valence-electron chi connectivity index (χ3n) is 2.32. The molecule has 1 aromatic carbocycles. The Labute approximate surface area is 98.1 Å². The molecule has 0 amide bonds. The van der Waals surface area contributed by atoms with Crippen LogP contribution in [0.3, 0.4) is 0 Å². The lowest BCUT2D eigenvalue weighted by atomic mass is 10.1. The highest BCUT2D eigenvalue weighted by Crippen LogP contribution is 2.33. The molecular formula is C11H15F3N2O. The van der Waals surface area contributed by atoms with Gasteiger partial charge in [-0.2, -0.15) is 18.7 Å². The van der Waals surface area contributed by atoms with Crippen molar-refractivity contribution in [1.82, 2.24) is 5.48 Å². The van der Waals surface area contributed by atoms with Crippen molar-refractivity contribution < 1.29 is 18.0 Å².